The quantitative estimate of drug-likeness (QED) is 0.205. The van der Waals surface area contributed by atoms with Gasteiger partial charge in [-0.1, -0.05) is 134 Å². The van der Waals surface area contributed by atoms with Gasteiger partial charge in [0.2, 0.25) is 0 Å². The Morgan fingerprint density at radius 3 is 2.09 bits per heavy atom. The van der Waals surface area contributed by atoms with Gasteiger partial charge in [0.05, 0.1) is 5.41 Å². The van der Waals surface area contributed by atoms with Crippen molar-refractivity contribution in [3.8, 4) is 11.1 Å². The van der Waals surface area contributed by atoms with Crippen LogP contribution in [0.2, 0.25) is 0 Å². The topological polar surface area (TPSA) is 12.0 Å². The molecular formula is C44H33NS. The van der Waals surface area contributed by atoms with Crippen LogP contribution < -0.4 is 5.32 Å². The van der Waals surface area contributed by atoms with Crippen molar-refractivity contribution in [2.75, 3.05) is 5.32 Å². The first-order chi connectivity index (χ1) is 22.7. The summed E-state index contributed by atoms with van der Waals surface area (Å²) in [5.41, 5.74) is 12.7. The monoisotopic (exact) mass is 607 g/mol. The Labute approximate surface area is 274 Å². The third-order valence-corrected chi connectivity index (χ3v) is 11.2. The lowest BCUT2D eigenvalue weighted by molar-refractivity contribution is 0.722. The van der Waals surface area contributed by atoms with Gasteiger partial charge >= 0.3 is 0 Å². The van der Waals surface area contributed by atoms with Crippen LogP contribution >= 0.6 is 11.3 Å². The van der Waals surface area contributed by atoms with Crippen molar-refractivity contribution in [2.45, 2.75) is 18.8 Å². The Morgan fingerprint density at radius 2 is 1.26 bits per heavy atom. The molecule has 0 aliphatic heterocycles. The molecule has 46 heavy (non-hydrogen) atoms. The Hall–Kier alpha value is -5.18. The van der Waals surface area contributed by atoms with Crippen molar-refractivity contribution >= 4 is 48.5 Å². The van der Waals surface area contributed by atoms with Crippen LogP contribution in [-0.2, 0) is 5.41 Å². The van der Waals surface area contributed by atoms with Gasteiger partial charge in [-0.3, -0.25) is 0 Å². The fraction of sp³-hybridized carbons (Fsp3) is 0.0909. The molecule has 0 spiro atoms. The first kappa shape index (κ1) is 27.2. The average Bonchev–Trinajstić information content (AvgIpc) is 3.64. The molecule has 0 bridgehead atoms. The predicted molar refractivity (Wildman–Crippen MR) is 197 cm³/mol. The summed E-state index contributed by atoms with van der Waals surface area (Å²) in [5, 5.41) is 6.34. The highest BCUT2D eigenvalue weighted by Crippen LogP contribution is 2.58. The highest BCUT2D eigenvalue weighted by Gasteiger charge is 2.48. The number of rotatable bonds is 5. The minimum absolute atomic E-state index is 0.341. The maximum Gasteiger partial charge on any atom is 0.0710 e. The third-order valence-electron chi connectivity index (χ3n) is 10.00. The summed E-state index contributed by atoms with van der Waals surface area (Å²) in [7, 11) is 0. The maximum absolute atomic E-state index is 3.67. The van der Waals surface area contributed by atoms with Crippen LogP contribution in [0.3, 0.4) is 0 Å². The van der Waals surface area contributed by atoms with E-state index in [-0.39, 0.29) is 5.41 Å². The normalized spacial score (nSPS) is 18.6. The summed E-state index contributed by atoms with van der Waals surface area (Å²) in [6.45, 7) is 2.37. The number of allylic oxidation sites excluding steroid dienone is 4. The SMILES string of the molecule is CC1CC=CC2=C1c1ccccc1C2(c1ccccc1)c1ccc(Nc2ccc(-c3cccc4c3sc3ccccc34)cc2)cc1. The molecule has 1 aromatic heterocycles. The van der Waals surface area contributed by atoms with E-state index < -0.39 is 0 Å². The Kier molecular flexibility index (Phi) is 6.33. The molecular weight excluding hydrogens is 575 g/mol. The molecule has 6 aromatic carbocycles. The van der Waals surface area contributed by atoms with Crippen molar-refractivity contribution in [2.24, 2.45) is 5.92 Å². The molecule has 220 valence electrons. The van der Waals surface area contributed by atoms with E-state index in [1.165, 1.54) is 64.7 Å². The van der Waals surface area contributed by atoms with Gasteiger partial charge in [0.1, 0.15) is 0 Å². The maximum atomic E-state index is 3.67. The summed E-state index contributed by atoms with van der Waals surface area (Å²) >= 11 is 1.88. The summed E-state index contributed by atoms with van der Waals surface area (Å²) < 4.78 is 2.68. The minimum atomic E-state index is -0.341. The molecule has 0 amide bonds. The molecule has 1 nitrogen and oxygen atoms in total. The zero-order valence-electron chi connectivity index (χ0n) is 25.7. The molecule has 1 heterocycles. The first-order valence-corrected chi connectivity index (χ1v) is 17.0. The van der Waals surface area contributed by atoms with E-state index in [4.69, 9.17) is 0 Å². The summed E-state index contributed by atoms with van der Waals surface area (Å²) in [4.78, 5) is 0. The lowest BCUT2D eigenvalue weighted by Gasteiger charge is -2.35. The number of thiophene rings is 1. The lowest BCUT2D eigenvalue weighted by Crippen LogP contribution is -2.29. The van der Waals surface area contributed by atoms with Crippen molar-refractivity contribution < 1.29 is 0 Å². The minimum Gasteiger partial charge on any atom is -0.356 e. The number of anilines is 2. The van der Waals surface area contributed by atoms with E-state index in [2.05, 4.69) is 170 Å². The molecule has 0 radical (unpaired) electrons. The van der Waals surface area contributed by atoms with E-state index in [0.29, 0.717) is 5.92 Å². The summed E-state index contributed by atoms with van der Waals surface area (Å²) in [6.07, 6.45) is 5.85. The van der Waals surface area contributed by atoms with E-state index in [0.717, 1.165) is 17.8 Å². The molecule has 9 rings (SSSR count). The van der Waals surface area contributed by atoms with Crippen LogP contribution in [0.25, 0.3) is 36.9 Å². The van der Waals surface area contributed by atoms with Gasteiger partial charge in [-0.2, -0.15) is 0 Å². The van der Waals surface area contributed by atoms with Crippen molar-refractivity contribution in [1.29, 1.82) is 0 Å². The number of benzene rings is 6. The summed E-state index contributed by atoms with van der Waals surface area (Å²) in [5.74, 6) is 0.488. The zero-order chi connectivity index (χ0) is 30.7. The van der Waals surface area contributed by atoms with Crippen LogP contribution in [0.5, 0.6) is 0 Å². The van der Waals surface area contributed by atoms with Gasteiger partial charge in [-0.05, 0) is 87.2 Å². The molecule has 0 saturated carbocycles. The molecule has 2 unspecified atom stereocenters. The van der Waals surface area contributed by atoms with Gasteiger partial charge in [0, 0.05) is 31.5 Å². The van der Waals surface area contributed by atoms with Crippen LogP contribution in [0.4, 0.5) is 11.4 Å². The van der Waals surface area contributed by atoms with E-state index in [9.17, 15) is 0 Å². The standard InChI is InChI=1S/C44H33NS/c1-29-11-9-19-40-42(29)38-15-5-7-18-39(38)44(40,31-12-3-2-4-13-31)32-23-27-34(28-24-32)45-33-25-21-30(22-26-33)35-16-10-17-37-36-14-6-8-20-41(36)46-43(35)37/h2-10,12-29,45H,11H2,1H3. The van der Waals surface area contributed by atoms with Gasteiger partial charge in [0.25, 0.3) is 0 Å². The van der Waals surface area contributed by atoms with E-state index in [1.54, 1.807) is 0 Å². The predicted octanol–water partition coefficient (Wildman–Crippen LogP) is 12.2. The molecule has 2 aliphatic carbocycles. The molecule has 2 aliphatic rings. The highest BCUT2D eigenvalue weighted by atomic mass is 32.1. The van der Waals surface area contributed by atoms with Gasteiger partial charge in [0.15, 0.2) is 0 Å². The number of hydrogen-bond acceptors (Lipinski definition) is 2. The van der Waals surface area contributed by atoms with Crippen molar-refractivity contribution in [1.82, 2.24) is 0 Å². The smallest absolute Gasteiger partial charge is 0.0710 e. The first-order valence-electron chi connectivity index (χ1n) is 16.2. The molecule has 2 atom stereocenters. The van der Waals surface area contributed by atoms with Crippen molar-refractivity contribution in [3.05, 3.63) is 186 Å². The molecule has 0 saturated heterocycles. The van der Waals surface area contributed by atoms with Crippen molar-refractivity contribution in [3.63, 3.8) is 0 Å². The number of fused-ring (bicyclic) bond motifs is 5. The van der Waals surface area contributed by atoms with Crippen LogP contribution in [0, 0.1) is 5.92 Å². The largest absolute Gasteiger partial charge is 0.356 e. The second-order valence-electron chi connectivity index (χ2n) is 12.6. The Bertz CT molecular complexity index is 2310. The van der Waals surface area contributed by atoms with Crippen LogP contribution in [-0.4, -0.2) is 0 Å². The third kappa shape index (κ3) is 4.07. The fourth-order valence-corrected chi connectivity index (χ4v) is 9.18. The second kappa shape index (κ2) is 10.7. The highest BCUT2D eigenvalue weighted by molar-refractivity contribution is 7.26. The van der Waals surface area contributed by atoms with Gasteiger partial charge in [-0.25, -0.2) is 0 Å². The second-order valence-corrected chi connectivity index (χ2v) is 13.6. The molecule has 0 fully saturated rings. The van der Waals surface area contributed by atoms with Crippen LogP contribution in [0.15, 0.2) is 163 Å². The molecule has 2 heteroatoms. The molecule has 7 aromatic rings. The van der Waals surface area contributed by atoms with Gasteiger partial charge in [-0.15, -0.1) is 11.3 Å². The van der Waals surface area contributed by atoms with Crippen LogP contribution in [0.1, 0.15) is 35.6 Å². The van der Waals surface area contributed by atoms with Gasteiger partial charge < -0.3 is 5.32 Å². The fourth-order valence-electron chi connectivity index (χ4n) is 7.95. The molecule has 1 N–H and O–H groups in total. The lowest BCUT2D eigenvalue weighted by atomic mass is 9.66. The van der Waals surface area contributed by atoms with E-state index >= 15 is 0 Å². The summed E-state index contributed by atoms with van der Waals surface area (Å²) in [6, 6.07) is 53.5. The Balaban J connectivity index is 1.07. The number of nitrogens with one attached hydrogen (secondary N) is 1. The Morgan fingerprint density at radius 1 is 0.609 bits per heavy atom. The number of hydrogen-bond donors (Lipinski definition) is 1. The zero-order valence-corrected chi connectivity index (χ0v) is 26.5. The van der Waals surface area contributed by atoms with E-state index in [1.807, 2.05) is 11.3 Å². The average molecular weight is 608 g/mol.